The van der Waals surface area contributed by atoms with Crippen molar-refractivity contribution in [3.05, 3.63) is 23.8 Å². The van der Waals surface area contributed by atoms with Crippen LogP contribution in [0, 0.1) is 0 Å². The molecule has 0 aliphatic rings. The van der Waals surface area contributed by atoms with Crippen LogP contribution in [0.15, 0.2) is 18.2 Å². The first-order valence-corrected chi connectivity index (χ1v) is 7.31. The van der Waals surface area contributed by atoms with Crippen LogP contribution in [0.5, 0.6) is 11.5 Å². The molecule has 0 fully saturated rings. The molecule has 114 valence electrons. The third kappa shape index (κ3) is 5.80. The molecule has 1 unspecified atom stereocenters. The monoisotopic (exact) mass is 281 g/mol. The van der Waals surface area contributed by atoms with Crippen LogP contribution in [0.4, 0.5) is 0 Å². The van der Waals surface area contributed by atoms with E-state index in [4.69, 9.17) is 19.9 Å². The first-order chi connectivity index (χ1) is 9.69. The third-order valence-electron chi connectivity index (χ3n) is 2.94. The zero-order chi connectivity index (χ0) is 14.8. The molecule has 1 aromatic carbocycles. The number of hydrogen-bond donors (Lipinski definition) is 1. The summed E-state index contributed by atoms with van der Waals surface area (Å²) in [5.41, 5.74) is 6.95. The summed E-state index contributed by atoms with van der Waals surface area (Å²) in [6.07, 6.45) is 3.00. The molecule has 0 aliphatic heterocycles. The Bertz CT molecular complexity index is 380. The minimum Gasteiger partial charge on any atom is -0.493 e. The van der Waals surface area contributed by atoms with E-state index in [1.54, 1.807) is 7.11 Å². The van der Waals surface area contributed by atoms with Crippen molar-refractivity contribution in [2.75, 3.05) is 26.9 Å². The largest absolute Gasteiger partial charge is 0.493 e. The van der Waals surface area contributed by atoms with Gasteiger partial charge < -0.3 is 19.9 Å². The van der Waals surface area contributed by atoms with Gasteiger partial charge in [0.05, 0.1) is 13.7 Å². The molecule has 0 saturated heterocycles. The van der Waals surface area contributed by atoms with E-state index in [0.717, 1.165) is 42.9 Å². The number of ether oxygens (including phenoxy) is 3. The van der Waals surface area contributed by atoms with Gasteiger partial charge in [0.2, 0.25) is 0 Å². The summed E-state index contributed by atoms with van der Waals surface area (Å²) in [5, 5.41) is 0. The minimum absolute atomic E-state index is 0.0882. The van der Waals surface area contributed by atoms with E-state index in [-0.39, 0.29) is 6.04 Å². The Morgan fingerprint density at radius 2 is 2.00 bits per heavy atom. The van der Waals surface area contributed by atoms with E-state index in [1.165, 1.54) is 0 Å². The molecule has 0 bridgehead atoms. The fraction of sp³-hybridized carbons (Fsp3) is 0.625. The third-order valence-corrected chi connectivity index (χ3v) is 2.94. The fourth-order valence-electron chi connectivity index (χ4n) is 1.94. The van der Waals surface area contributed by atoms with Crippen LogP contribution in [0.2, 0.25) is 0 Å². The minimum atomic E-state index is 0.0882. The number of rotatable bonds is 10. The lowest BCUT2D eigenvalue weighted by atomic mass is 10.1. The van der Waals surface area contributed by atoms with Crippen molar-refractivity contribution in [2.45, 2.75) is 39.2 Å². The highest BCUT2D eigenvalue weighted by Crippen LogP contribution is 2.31. The van der Waals surface area contributed by atoms with Crippen molar-refractivity contribution in [2.24, 2.45) is 5.73 Å². The van der Waals surface area contributed by atoms with Crippen LogP contribution in [0.25, 0.3) is 0 Å². The maximum atomic E-state index is 5.87. The van der Waals surface area contributed by atoms with E-state index < -0.39 is 0 Å². The second-order valence-corrected chi connectivity index (χ2v) is 4.94. The lowest BCUT2D eigenvalue weighted by molar-refractivity contribution is 0.0966. The number of methoxy groups -OCH3 is 1. The van der Waals surface area contributed by atoms with E-state index in [1.807, 2.05) is 25.1 Å². The molecule has 0 radical (unpaired) electrons. The van der Waals surface area contributed by atoms with Gasteiger partial charge in [-0.05, 0) is 31.4 Å². The SMILES string of the molecule is CCCCOCCOc1c(CC(C)N)cccc1OC. The lowest BCUT2D eigenvalue weighted by Gasteiger charge is -2.16. The standard InChI is InChI=1S/C16H27NO3/c1-4-5-9-19-10-11-20-16-14(12-13(2)17)7-6-8-15(16)18-3/h6-8,13H,4-5,9-12,17H2,1-3H3. The predicted octanol–water partition coefficient (Wildman–Crippen LogP) is 2.78. The molecule has 4 nitrogen and oxygen atoms in total. The van der Waals surface area contributed by atoms with Crippen molar-refractivity contribution in [3.63, 3.8) is 0 Å². The molecule has 0 amide bonds. The highest BCUT2D eigenvalue weighted by Gasteiger charge is 2.11. The Balaban J connectivity index is 2.56. The first-order valence-electron chi connectivity index (χ1n) is 7.31. The number of hydrogen-bond acceptors (Lipinski definition) is 4. The van der Waals surface area contributed by atoms with Gasteiger partial charge in [-0.25, -0.2) is 0 Å². The normalized spacial score (nSPS) is 12.2. The summed E-state index contributed by atoms with van der Waals surface area (Å²) in [6.45, 7) is 6.04. The molecule has 2 N–H and O–H groups in total. The molecule has 0 saturated carbocycles. The molecular weight excluding hydrogens is 254 g/mol. The predicted molar refractivity (Wildman–Crippen MR) is 81.6 cm³/mol. The maximum Gasteiger partial charge on any atom is 0.164 e. The van der Waals surface area contributed by atoms with Crippen LogP contribution in [-0.4, -0.2) is 33.0 Å². The summed E-state index contributed by atoms with van der Waals surface area (Å²) in [6, 6.07) is 5.98. The topological polar surface area (TPSA) is 53.7 Å². The molecule has 0 heterocycles. The Labute approximate surface area is 122 Å². The molecule has 1 aromatic rings. The summed E-state index contributed by atoms with van der Waals surface area (Å²) < 4.78 is 16.7. The van der Waals surface area contributed by atoms with Gasteiger partial charge in [-0.3, -0.25) is 0 Å². The van der Waals surface area contributed by atoms with Crippen molar-refractivity contribution in [3.8, 4) is 11.5 Å². The average molecular weight is 281 g/mol. The molecule has 1 rings (SSSR count). The van der Waals surface area contributed by atoms with Gasteiger partial charge in [-0.2, -0.15) is 0 Å². The number of para-hydroxylation sites is 1. The fourth-order valence-corrected chi connectivity index (χ4v) is 1.94. The Hall–Kier alpha value is -1.26. The van der Waals surface area contributed by atoms with Crippen LogP contribution < -0.4 is 15.2 Å². The van der Waals surface area contributed by atoms with Gasteiger partial charge >= 0.3 is 0 Å². The Morgan fingerprint density at radius 1 is 1.20 bits per heavy atom. The second-order valence-electron chi connectivity index (χ2n) is 4.94. The van der Waals surface area contributed by atoms with Crippen LogP contribution in [0.1, 0.15) is 32.3 Å². The lowest BCUT2D eigenvalue weighted by Crippen LogP contribution is -2.19. The summed E-state index contributed by atoms with van der Waals surface area (Å²) in [5.74, 6) is 1.53. The molecule has 0 aliphatic carbocycles. The van der Waals surface area contributed by atoms with Crippen LogP contribution in [-0.2, 0) is 11.2 Å². The molecule has 4 heteroatoms. The Morgan fingerprint density at radius 3 is 2.65 bits per heavy atom. The second kappa shape index (κ2) is 9.61. The zero-order valence-electron chi connectivity index (χ0n) is 12.9. The average Bonchev–Trinajstić information content (AvgIpc) is 2.43. The highest BCUT2D eigenvalue weighted by atomic mass is 16.5. The van der Waals surface area contributed by atoms with Crippen molar-refractivity contribution < 1.29 is 14.2 Å². The molecular formula is C16H27NO3. The van der Waals surface area contributed by atoms with Gasteiger partial charge in [0.25, 0.3) is 0 Å². The molecule has 1 atom stereocenters. The molecule has 20 heavy (non-hydrogen) atoms. The molecule has 0 spiro atoms. The van der Waals surface area contributed by atoms with Crippen LogP contribution >= 0.6 is 0 Å². The summed E-state index contributed by atoms with van der Waals surface area (Å²) in [7, 11) is 1.65. The van der Waals surface area contributed by atoms with E-state index in [0.29, 0.717) is 13.2 Å². The highest BCUT2D eigenvalue weighted by molar-refractivity contribution is 5.47. The van der Waals surface area contributed by atoms with E-state index >= 15 is 0 Å². The van der Waals surface area contributed by atoms with E-state index in [9.17, 15) is 0 Å². The zero-order valence-corrected chi connectivity index (χ0v) is 12.9. The number of unbranched alkanes of at least 4 members (excludes halogenated alkanes) is 1. The number of nitrogens with two attached hydrogens (primary N) is 1. The first kappa shape index (κ1) is 16.8. The molecule has 0 aromatic heterocycles. The van der Waals surface area contributed by atoms with Crippen molar-refractivity contribution in [1.82, 2.24) is 0 Å². The van der Waals surface area contributed by atoms with Crippen LogP contribution in [0.3, 0.4) is 0 Å². The van der Waals surface area contributed by atoms with Crippen molar-refractivity contribution >= 4 is 0 Å². The van der Waals surface area contributed by atoms with Gasteiger partial charge in [0, 0.05) is 12.6 Å². The maximum absolute atomic E-state index is 5.87. The van der Waals surface area contributed by atoms with Gasteiger partial charge in [-0.15, -0.1) is 0 Å². The van der Waals surface area contributed by atoms with Gasteiger partial charge in [0.1, 0.15) is 6.61 Å². The van der Waals surface area contributed by atoms with Gasteiger partial charge in [0.15, 0.2) is 11.5 Å². The van der Waals surface area contributed by atoms with E-state index in [2.05, 4.69) is 6.92 Å². The van der Waals surface area contributed by atoms with Crippen molar-refractivity contribution in [1.29, 1.82) is 0 Å². The smallest absolute Gasteiger partial charge is 0.164 e. The quantitative estimate of drug-likeness (QED) is 0.670. The number of benzene rings is 1. The van der Waals surface area contributed by atoms with Gasteiger partial charge in [-0.1, -0.05) is 25.5 Å². The summed E-state index contributed by atoms with van der Waals surface area (Å²) in [4.78, 5) is 0. The Kier molecular flexibility index (Phi) is 8.07. The summed E-state index contributed by atoms with van der Waals surface area (Å²) >= 11 is 0.